The normalized spacial score (nSPS) is 26.8. The molecule has 1 saturated carbocycles. The molecule has 1 saturated heterocycles. The summed E-state index contributed by atoms with van der Waals surface area (Å²) in [5.41, 5.74) is 0. The van der Waals surface area contributed by atoms with Crippen LogP contribution in [0.3, 0.4) is 0 Å². The highest BCUT2D eigenvalue weighted by molar-refractivity contribution is 4.82. The average molecular weight is 225 g/mol. The topological polar surface area (TPSA) is 18.5 Å². The molecule has 1 unspecified atom stereocenters. The van der Waals surface area contributed by atoms with Crippen molar-refractivity contribution in [3.05, 3.63) is 0 Å². The molecule has 0 aromatic rings. The standard InChI is InChI=1S/C13H27N3/c1-3-16-9-4-5-13(16)11-15(2)10-8-14-12-6-7-12/h12-14H,3-11H2,1-2H3. The fourth-order valence-corrected chi connectivity index (χ4v) is 2.72. The Morgan fingerprint density at radius 3 is 2.81 bits per heavy atom. The summed E-state index contributed by atoms with van der Waals surface area (Å²) < 4.78 is 0. The largest absolute Gasteiger partial charge is 0.313 e. The van der Waals surface area contributed by atoms with E-state index in [4.69, 9.17) is 0 Å². The molecule has 2 fully saturated rings. The molecule has 1 aliphatic carbocycles. The number of rotatable bonds is 7. The predicted octanol–water partition coefficient (Wildman–Crippen LogP) is 1.15. The van der Waals surface area contributed by atoms with Gasteiger partial charge in [-0.05, 0) is 45.8 Å². The summed E-state index contributed by atoms with van der Waals surface area (Å²) >= 11 is 0. The Morgan fingerprint density at radius 2 is 2.12 bits per heavy atom. The zero-order valence-electron chi connectivity index (χ0n) is 10.9. The minimum absolute atomic E-state index is 0.816. The van der Waals surface area contributed by atoms with Crippen LogP contribution in [0.5, 0.6) is 0 Å². The SMILES string of the molecule is CCN1CCCC1CN(C)CCNC1CC1. The van der Waals surface area contributed by atoms with Gasteiger partial charge >= 0.3 is 0 Å². The third-order valence-electron chi connectivity index (χ3n) is 3.93. The Balaban J connectivity index is 1.59. The lowest BCUT2D eigenvalue weighted by atomic mass is 10.2. The summed E-state index contributed by atoms with van der Waals surface area (Å²) in [7, 11) is 2.26. The van der Waals surface area contributed by atoms with E-state index in [-0.39, 0.29) is 0 Å². The lowest BCUT2D eigenvalue weighted by Crippen LogP contribution is -2.41. The lowest BCUT2D eigenvalue weighted by Gasteiger charge is -2.27. The van der Waals surface area contributed by atoms with E-state index >= 15 is 0 Å². The maximum Gasteiger partial charge on any atom is 0.0223 e. The van der Waals surface area contributed by atoms with E-state index in [9.17, 15) is 0 Å². The van der Waals surface area contributed by atoms with Crippen molar-refractivity contribution >= 4 is 0 Å². The van der Waals surface area contributed by atoms with Crippen molar-refractivity contribution in [1.29, 1.82) is 0 Å². The second kappa shape index (κ2) is 5.99. The second-order valence-electron chi connectivity index (χ2n) is 5.42. The molecule has 0 bridgehead atoms. The Kier molecular flexibility index (Phi) is 4.62. The van der Waals surface area contributed by atoms with Crippen molar-refractivity contribution in [2.24, 2.45) is 0 Å². The molecule has 2 aliphatic rings. The van der Waals surface area contributed by atoms with Gasteiger partial charge in [0.25, 0.3) is 0 Å². The van der Waals surface area contributed by atoms with Crippen molar-refractivity contribution in [3.8, 4) is 0 Å². The van der Waals surface area contributed by atoms with E-state index in [0.29, 0.717) is 0 Å². The third-order valence-corrected chi connectivity index (χ3v) is 3.93. The highest BCUT2D eigenvalue weighted by atomic mass is 15.2. The third kappa shape index (κ3) is 3.72. The van der Waals surface area contributed by atoms with E-state index in [2.05, 4.69) is 29.1 Å². The predicted molar refractivity (Wildman–Crippen MR) is 68.8 cm³/mol. The van der Waals surface area contributed by atoms with Gasteiger partial charge in [-0.15, -0.1) is 0 Å². The summed E-state index contributed by atoms with van der Waals surface area (Å²) in [4.78, 5) is 5.12. The molecule has 0 spiro atoms. The van der Waals surface area contributed by atoms with Gasteiger partial charge in [0.15, 0.2) is 0 Å². The first-order valence-corrected chi connectivity index (χ1v) is 6.95. The van der Waals surface area contributed by atoms with Crippen LogP contribution in [0, 0.1) is 0 Å². The second-order valence-corrected chi connectivity index (χ2v) is 5.42. The van der Waals surface area contributed by atoms with Gasteiger partial charge in [0, 0.05) is 31.7 Å². The fourth-order valence-electron chi connectivity index (χ4n) is 2.72. The molecule has 3 nitrogen and oxygen atoms in total. The molecule has 0 radical (unpaired) electrons. The van der Waals surface area contributed by atoms with Crippen LogP contribution in [-0.4, -0.2) is 61.7 Å². The zero-order valence-corrected chi connectivity index (χ0v) is 10.9. The van der Waals surface area contributed by atoms with Gasteiger partial charge < -0.3 is 10.2 Å². The van der Waals surface area contributed by atoms with Crippen molar-refractivity contribution in [3.63, 3.8) is 0 Å². The van der Waals surface area contributed by atoms with Crippen molar-refractivity contribution in [2.75, 3.05) is 39.8 Å². The van der Waals surface area contributed by atoms with Gasteiger partial charge in [-0.2, -0.15) is 0 Å². The minimum Gasteiger partial charge on any atom is -0.313 e. The van der Waals surface area contributed by atoms with Gasteiger partial charge in [-0.1, -0.05) is 6.92 Å². The van der Waals surface area contributed by atoms with Crippen molar-refractivity contribution in [2.45, 2.75) is 44.7 Å². The molecule has 0 amide bonds. The number of likely N-dealkylation sites (tertiary alicyclic amines) is 1. The lowest BCUT2D eigenvalue weighted by molar-refractivity contribution is 0.199. The van der Waals surface area contributed by atoms with Crippen LogP contribution in [0.25, 0.3) is 0 Å². The van der Waals surface area contributed by atoms with E-state index in [1.165, 1.54) is 58.4 Å². The quantitative estimate of drug-likeness (QED) is 0.701. The Hall–Kier alpha value is -0.120. The first-order chi connectivity index (χ1) is 7.79. The molecule has 3 heteroatoms. The molecule has 1 aliphatic heterocycles. The molecule has 94 valence electrons. The highest BCUT2D eigenvalue weighted by Gasteiger charge is 2.24. The molecule has 1 N–H and O–H groups in total. The summed E-state index contributed by atoms with van der Waals surface area (Å²) in [6.45, 7) is 8.44. The fraction of sp³-hybridized carbons (Fsp3) is 1.00. The monoisotopic (exact) mass is 225 g/mol. The van der Waals surface area contributed by atoms with Gasteiger partial charge in [0.05, 0.1) is 0 Å². The van der Waals surface area contributed by atoms with Gasteiger partial charge in [0.2, 0.25) is 0 Å². The van der Waals surface area contributed by atoms with E-state index in [1.807, 2.05) is 0 Å². The molecule has 0 aromatic carbocycles. The van der Waals surface area contributed by atoms with E-state index in [0.717, 1.165) is 12.1 Å². The number of hydrogen-bond acceptors (Lipinski definition) is 3. The van der Waals surface area contributed by atoms with Crippen molar-refractivity contribution < 1.29 is 0 Å². The van der Waals surface area contributed by atoms with Crippen LogP contribution >= 0.6 is 0 Å². The Morgan fingerprint density at radius 1 is 1.31 bits per heavy atom. The van der Waals surface area contributed by atoms with E-state index < -0.39 is 0 Å². The summed E-state index contributed by atoms with van der Waals surface area (Å²) in [6, 6.07) is 1.67. The van der Waals surface area contributed by atoms with Crippen molar-refractivity contribution in [1.82, 2.24) is 15.1 Å². The molecular formula is C13H27N3. The summed E-state index contributed by atoms with van der Waals surface area (Å²) in [5, 5.41) is 3.58. The van der Waals surface area contributed by atoms with Crippen LogP contribution in [-0.2, 0) is 0 Å². The van der Waals surface area contributed by atoms with Gasteiger partial charge in [-0.3, -0.25) is 4.90 Å². The number of likely N-dealkylation sites (N-methyl/N-ethyl adjacent to an activating group) is 2. The maximum absolute atomic E-state index is 3.58. The molecule has 0 aromatic heterocycles. The Labute approximate surface area is 100 Å². The van der Waals surface area contributed by atoms with Crippen LogP contribution in [0.4, 0.5) is 0 Å². The zero-order chi connectivity index (χ0) is 11.4. The van der Waals surface area contributed by atoms with Crippen LogP contribution < -0.4 is 5.32 Å². The number of nitrogens with zero attached hydrogens (tertiary/aromatic N) is 2. The summed E-state index contributed by atoms with van der Waals surface area (Å²) in [6.07, 6.45) is 5.59. The Bertz CT molecular complexity index is 203. The van der Waals surface area contributed by atoms with Crippen LogP contribution in [0.1, 0.15) is 32.6 Å². The summed E-state index contributed by atoms with van der Waals surface area (Å²) in [5.74, 6) is 0. The first-order valence-electron chi connectivity index (χ1n) is 6.95. The van der Waals surface area contributed by atoms with Gasteiger partial charge in [0.1, 0.15) is 0 Å². The number of nitrogens with one attached hydrogen (secondary N) is 1. The molecule has 1 heterocycles. The smallest absolute Gasteiger partial charge is 0.0223 e. The van der Waals surface area contributed by atoms with Crippen LogP contribution in [0.2, 0.25) is 0 Å². The average Bonchev–Trinajstić information content (AvgIpc) is 2.98. The molecule has 2 rings (SSSR count). The molecular weight excluding hydrogens is 198 g/mol. The van der Waals surface area contributed by atoms with E-state index in [1.54, 1.807) is 0 Å². The minimum atomic E-state index is 0.816. The maximum atomic E-state index is 3.58. The molecule has 16 heavy (non-hydrogen) atoms. The molecule has 1 atom stereocenters. The number of hydrogen-bond donors (Lipinski definition) is 1. The highest BCUT2D eigenvalue weighted by Crippen LogP contribution is 2.18. The van der Waals surface area contributed by atoms with Gasteiger partial charge in [-0.25, -0.2) is 0 Å². The first kappa shape index (κ1) is 12.3. The van der Waals surface area contributed by atoms with Crippen LogP contribution in [0.15, 0.2) is 0 Å².